The molecule has 0 amide bonds. The Bertz CT molecular complexity index is 592. The van der Waals surface area contributed by atoms with E-state index in [2.05, 4.69) is 15.3 Å². The van der Waals surface area contributed by atoms with Gasteiger partial charge < -0.3 is 5.32 Å². The van der Waals surface area contributed by atoms with Gasteiger partial charge in [0, 0.05) is 11.9 Å². The van der Waals surface area contributed by atoms with Gasteiger partial charge in [0.25, 0.3) is 0 Å². The SMILES string of the molecule is N#Cc1ccnc(Nc2ccc(Cl)c(Cl)c2)n1. The van der Waals surface area contributed by atoms with Crippen molar-refractivity contribution >= 4 is 34.8 Å². The van der Waals surface area contributed by atoms with Crippen LogP contribution in [0.3, 0.4) is 0 Å². The van der Waals surface area contributed by atoms with Gasteiger partial charge in [-0.3, -0.25) is 0 Å². The third kappa shape index (κ3) is 2.84. The van der Waals surface area contributed by atoms with Gasteiger partial charge in [-0.1, -0.05) is 23.2 Å². The van der Waals surface area contributed by atoms with Crippen LogP contribution in [0.25, 0.3) is 0 Å². The van der Waals surface area contributed by atoms with E-state index in [9.17, 15) is 0 Å². The standard InChI is InChI=1S/C11H6Cl2N4/c12-9-2-1-7(5-10(9)13)16-11-15-4-3-8(6-14)17-11/h1-5H,(H,15,16,17). The predicted octanol–water partition coefficient (Wildman–Crippen LogP) is 3.40. The first kappa shape index (κ1) is 11.6. The highest BCUT2D eigenvalue weighted by molar-refractivity contribution is 6.42. The number of benzene rings is 1. The summed E-state index contributed by atoms with van der Waals surface area (Å²) >= 11 is 11.7. The van der Waals surface area contributed by atoms with Crippen LogP contribution in [0.4, 0.5) is 11.6 Å². The first-order valence-corrected chi connectivity index (χ1v) is 5.40. The van der Waals surface area contributed by atoms with Gasteiger partial charge >= 0.3 is 0 Å². The quantitative estimate of drug-likeness (QED) is 0.903. The molecule has 0 unspecified atom stereocenters. The van der Waals surface area contributed by atoms with Gasteiger partial charge in [-0.25, -0.2) is 9.97 Å². The topological polar surface area (TPSA) is 61.6 Å². The number of anilines is 2. The van der Waals surface area contributed by atoms with Gasteiger partial charge in [0.15, 0.2) is 0 Å². The summed E-state index contributed by atoms with van der Waals surface area (Å²) < 4.78 is 0. The molecule has 6 heteroatoms. The maximum absolute atomic E-state index is 8.70. The molecule has 1 aromatic carbocycles. The molecule has 0 radical (unpaired) electrons. The molecule has 0 spiro atoms. The number of nitrogens with zero attached hydrogens (tertiary/aromatic N) is 3. The van der Waals surface area contributed by atoms with E-state index in [1.807, 2.05) is 6.07 Å². The lowest BCUT2D eigenvalue weighted by molar-refractivity contribution is 1.14. The molecule has 2 aromatic rings. The van der Waals surface area contributed by atoms with Crippen molar-refractivity contribution in [3.05, 3.63) is 46.2 Å². The Hall–Kier alpha value is -1.83. The first-order chi connectivity index (χ1) is 8.19. The average molecular weight is 265 g/mol. The summed E-state index contributed by atoms with van der Waals surface area (Å²) in [5.41, 5.74) is 0.997. The monoisotopic (exact) mass is 264 g/mol. The van der Waals surface area contributed by atoms with Gasteiger partial charge in [0.1, 0.15) is 11.8 Å². The highest BCUT2D eigenvalue weighted by Crippen LogP contribution is 2.26. The summed E-state index contributed by atoms with van der Waals surface area (Å²) in [6, 6.07) is 8.54. The second-order valence-electron chi connectivity index (χ2n) is 3.13. The lowest BCUT2D eigenvalue weighted by atomic mass is 10.3. The molecule has 0 aliphatic rings. The Labute approximate surface area is 108 Å². The Morgan fingerprint density at radius 2 is 2.00 bits per heavy atom. The summed E-state index contributed by atoms with van der Waals surface area (Å²) in [6.45, 7) is 0. The lowest BCUT2D eigenvalue weighted by Gasteiger charge is -2.05. The van der Waals surface area contributed by atoms with Crippen molar-refractivity contribution in [3.63, 3.8) is 0 Å². The molecule has 1 N–H and O–H groups in total. The number of aromatic nitrogens is 2. The van der Waals surface area contributed by atoms with Gasteiger partial charge in [-0.15, -0.1) is 0 Å². The summed E-state index contributed by atoms with van der Waals surface area (Å²) in [4.78, 5) is 7.96. The molecule has 0 aliphatic heterocycles. The Balaban J connectivity index is 2.25. The maximum atomic E-state index is 8.70. The number of nitrogens with one attached hydrogen (secondary N) is 1. The van der Waals surface area contributed by atoms with Crippen molar-refractivity contribution < 1.29 is 0 Å². The van der Waals surface area contributed by atoms with Gasteiger partial charge in [-0.2, -0.15) is 5.26 Å². The van der Waals surface area contributed by atoms with Crippen LogP contribution in [0.1, 0.15) is 5.69 Å². The van der Waals surface area contributed by atoms with Crippen molar-refractivity contribution in [2.75, 3.05) is 5.32 Å². The Morgan fingerprint density at radius 1 is 1.18 bits per heavy atom. The smallest absolute Gasteiger partial charge is 0.228 e. The molecule has 17 heavy (non-hydrogen) atoms. The zero-order valence-corrected chi connectivity index (χ0v) is 10.00. The van der Waals surface area contributed by atoms with Crippen molar-refractivity contribution in [2.45, 2.75) is 0 Å². The van der Waals surface area contributed by atoms with E-state index < -0.39 is 0 Å². The summed E-state index contributed by atoms with van der Waals surface area (Å²) in [7, 11) is 0. The van der Waals surface area contributed by atoms with Crippen LogP contribution in [0.2, 0.25) is 10.0 Å². The predicted molar refractivity (Wildman–Crippen MR) is 66.5 cm³/mol. The zero-order valence-electron chi connectivity index (χ0n) is 8.48. The molecule has 0 saturated heterocycles. The fraction of sp³-hybridized carbons (Fsp3) is 0. The molecule has 0 bridgehead atoms. The second kappa shape index (κ2) is 5.00. The average Bonchev–Trinajstić information content (AvgIpc) is 2.34. The lowest BCUT2D eigenvalue weighted by Crippen LogP contribution is -1.97. The maximum Gasteiger partial charge on any atom is 0.228 e. The van der Waals surface area contributed by atoms with Gasteiger partial charge in [0.05, 0.1) is 10.0 Å². The molecule has 4 nitrogen and oxygen atoms in total. The molecular formula is C11H6Cl2N4. The molecule has 2 rings (SSSR count). The molecule has 84 valence electrons. The minimum Gasteiger partial charge on any atom is -0.324 e. The molecule has 0 fully saturated rings. The van der Waals surface area contributed by atoms with Crippen LogP contribution in [-0.2, 0) is 0 Å². The van der Waals surface area contributed by atoms with E-state index in [0.29, 0.717) is 27.4 Å². The number of halogens is 2. The fourth-order valence-electron chi connectivity index (χ4n) is 1.18. The van der Waals surface area contributed by atoms with Crippen LogP contribution < -0.4 is 5.32 Å². The summed E-state index contributed by atoms with van der Waals surface area (Å²) in [5, 5.41) is 12.5. The van der Waals surface area contributed by atoms with Crippen molar-refractivity contribution in [2.24, 2.45) is 0 Å². The largest absolute Gasteiger partial charge is 0.324 e. The molecule has 0 atom stereocenters. The van der Waals surface area contributed by atoms with E-state index in [1.165, 1.54) is 12.3 Å². The number of nitriles is 1. The molecular weight excluding hydrogens is 259 g/mol. The van der Waals surface area contributed by atoms with Crippen LogP contribution in [0.5, 0.6) is 0 Å². The number of rotatable bonds is 2. The van der Waals surface area contributed by atoms with E-state index in [0.717, 1.165) is 0 Å². The van der Waals surface area contributed by atoms with Gasteiger partial charge in [0.2, 0.25) is 5.95 Å². The number of hydrogen-bond acceptors (Lipinski definition) is 4. The third-order valence-electron chi connectivity index (χ3n) is 1.95. The zero-order chi connectivity index (χ0) is 12.3. The van der Waals surface area contributed by atoms with E-state index in [-0.39, 0.29) is 0 Å². The van der Waals surface area contributed by atoms with Crippen LogP contribution >= 0.6 is 23.2 Å². The van der Waals surface area contributed by atoms with E-state index >= 15 is 0 Å². The Morgan fingerprint density at radius 3 is 2.71 bits per heavy atom. The van der Waals surface area contributed by atoms with Crippen LogP contribution in [0.15, 0.2) is 30.5 Å². The normalized spacial score (nSPS) is 9.71. The van der Waals surface area contributed by atoms with E-state index in [1.54, 1.807) is 18.2 Å². The third-order valence-corrected chi connectivity index (χ3v) is 2.68. The number of hydrogen-bond donors (Lipinski definition) is 1. The highest BCUT2D eigenvalue weighted by atomic mass is 35.5. The van der Waals surface area contributed by atoms with Crippen molar-refractivity contribution in [1.82, 2.24) is 9.97 Å². The van der Waals surface area contributed by atoms with Gasteiger partial charge in [-0.05, 0) is 24.3 Å². The molecule has 1 heterocycles. The molecule has 0 saturated carbocycles. The van der Waals surface area contributed by atoms with Crippen LogP contribution in [-0.4, -0.2) is 9.97 Å². The molecule has 0 aliphatic carbocycles. The minimum absolute atomic E-state index is 0.294. The first-order valence-electron chi connectivity index (χ1n) is 4.64. The van der Waals surface area contributed by atoms with Crippen molar-refractivity contribution in [3.8, 4) is 6.07 Å². The van der Waals surface area contributed by atoms with Crippen molar-refractivity contribution in [1.29, 1.82) is 5.26 Å². The summed E-state index contributed by atoms with van der Waals surface area (Å²) in [5.74, 6) is 0.336. The second-order valence-corrected chi connectivity index (χ2v) is 3.95. The fourth-order valence-corrected chi connectivity index (χ4v) is 1.48. The summed E-state index contributed by atoms with van der Waals surface area (Å²) in [6.07, 6.45) is 1.51. The minimum atomic E-state index is 0.294. The van der Waals surface area contributed by atoms with E-state index in [4.69, 9.17) is 28.5 Å². The van der Waals surface area contributed by atoms with Crippen LogP contribution in [0, 0.1) is 11.3 Å². The molecule has 1 aromatic heterocycles. The highest BCUT2D eigenvalue weighted by Gasteiger charge is 2.02. The Kier molecular flexibility index (Phi) is 3.43.